The van der Waals surface area contributed by atoms with E-state index in [1.54, 1.807) is 30.3 Å². The molecule has 1 heterocycles. The number of thioether (sulfide) groups is 1. The van der Waals surface area contributed by atoms with Gasteiger partial charge in [-0.15, -0.1) is 10.2 Å². The number of hydrogen-bond donors (Lipinski definition) is 0. The van der Waals surface area contributed by atoms with Gasteiger partial charge < -0.3 is 4.74 Å². The van der Waals surface area contributed by atoms with Crippen LogP contribution in [-0.4, -0.2) is 31.2 Å². The van der Waals surface area contributed by atoms with E-state index in [2.05, 4.69) is 26.1 Å². The van der Waals surface area contributed by atoms with Crippen molar-refractivity contribution < 1.29 is 14.6 Å². The molecule has 4 aromatic rings. The van der Waals surface area contributed by atoms with Crippen LogP contribution in [0.2, 0.25) is 0 Å². The van der Waals surface area contributed by atoms with E-state index in [9.17, 15) is 20.2 Å². The molecule has 0 spiro atoms. The van der Waals surface area contributed by atoms with E-state index in [1.165, 1.54) is 23.9 Å². The standard InChI is InChI=1S/C26H24BrN5O5S/c1-16-7-9-21(11-17(16)2)31-18(3)28-29-26(31)38-25(14-30(33)34)20-8-10-24(23(27)13-20)37-15-19-5-4-6-22(12-19)32(35)36/h4-13,25H,14-15H2,1-3H3/t25-/m1/s1. The van der Waals surface area contributed by atoms with Gasteiger partial charge in [0.25, 0.3) is 5.69 Å². The molecule has 0 bridgehead atoms. The molecule has 1 atom stereocenters. The van der Waals surface area contributed by atoms with Crippen molar-refractivity contribution >= 4 is 33.4 Å². The van der Waals surface area contributed by atoms with Crippen molar-refractivity contribution in [1.82, 2.24) is 14.8 Å². The van der Waals surface area contributed by atoms with Crippen LogP contribution in [0.3, 0.4) is 0 Å². The Bertz CT molecular complexity index is 1510. The van der Waals surface area contributed by atoms with Gasteiger partial charge in [0.1, 0.15) is 23.4 Å². The predicted octanol–water partition coefficient (Wildman–Crippen LogP) is 6.55. The number of non-ortho nitro benzene ring substituents is 1. The largest absolute Gasteiger partial charge is 0.488 e. The molecule has 0 saturated heterocycles. The number of rotatable bonds is 10. The summed E-state index contributed by atoms with van der Waals surface area (Å²) in [4.78, 5) is 21.8. The van der Waals surface area contributed by atoms with Gasteiger partial charge in [-0.3, -0.25) is 24.8 Å². The van der Waals surface area contributed by atoms with Crippen molar-refractivity contribution in [1.29, 1.82) is 0 Å². The quantitative estimate of drug-likeness (QED) is 0.114. The molecule has 0 saturated carbocycles. The van der Waals surface area contributed by atoms with Crippen LogP contribution in [-0.2, 0) is 6.61 Å². The third-order valence-electron chi connectivity index (χ3n) is 5.95. The van der Waals surface area contributed by atoms with Crippen molar-refractivity contribution in [2.75, 3.05) is 6.54 Å². The summed E-state index contributed by atoms with van der Waals surface area (Å²) < 4.78 is 8.37. The number of aryl methyl sites for hydroxylation is 3. The SMILES string of the molecule is Cc1ccc(-n2c(C)nnc2S[C@H](C[N+](=O)[O-])c2ccc(OCc3cccc([N+](=O)[O-])c3)c(Br)c2)cc1C. The lowest BCUT2D eigenvalue weighted by atomic mass is 10.1. The molecule has 38 heavy (non-hydrogen) atoms. The molecule has 4 rings (SSSR count). The topological polar surface area (TPSA) is 126 Å². The Morgan fingerprint density at radius 3 is 2.47 bits per heavy atom. The molecule has 0 unspecified atom stereocenters. The maximum atomic E-state index is 11.6. The van der Waals surface area contributed by atoms with Crippen molar-refractivity contribution in [3.8, 4) is 11.4 Å². The number of nitrogens with zero attached hydrogens (tertiary/aromatic N) is 5. The Labute approximate surface area is 231 Å². The third-order valence-corrected chi connectivity index (χ3v) is 7.75. The number of nitro groups is 2. The number of nitro benzene ring substituents is 1. The lowest BCUT2D eigenvalue weighted by molar-refractivity contribution is -0.479. The summed E-state index contributed by atoms with van der Waals surface area (Å²) in [6, 6.07) is 17.6. The Hall–Kier alpha value is -3.77. The maximum Gasteiger partial charge on any atom is 0.269 e. The highest BCUT2D eigenvalue weighted by molar-refractivity contribution is 9.10. The first kappa shape index (κ1) is 27.3. The minimum Gasteiger partial charge on any atom is -0.488 e. The summed E-state index contributed by atoms with van der Waals surface area (Å²) in [6.45, 7) is 5.73. The van der Waals surface area contributed by atoms with Crippen molar-refractivity contribution in [3.63, 3.8) is 0 Å². The van der Waals surface area contributed by atoms with Gasteiger partial charge in [-0.05, 0) is 83.2 Å². The summed E-state index contributed by atoms with van der Waals surface area (Å²) in [5.41, 5.74) is 4.54. The van der Waals surface area contributed by atoms with E-state index in [1.807, 2.05) is 43.5 Å². The molecular formula is C26H24BrN5O5S. The molecule has 10 nitrogen and oxygen atoms in total. The zero-order chi connectivity index (χ0) is 27.4. The van der Waals surface area contributed by atoms with Crippen LogP contribution < -0.4 is 4.74 Å². The molecule has 3 aromatic carbocycles. The summed E-state index contributed by atoms with van der Waals surface area (Å²) >= 11 is 4.78. The number of ether oxygens (including phenoxy) is 1. The van der Waals surface area contributed by atoms with Crippen LogP contribution in [0.15, 0.2) is 70.3 Å². The van der Waals surface area contributed by atoms with Crippen LogP contribution in [0, 0.1) is 41.0 Å². The minimum absolute atomic E-state index is 0.0101. The molecule has 0 N–H and O–H groups in total. The van der Waals surface area contributed by atoms with Crippen LogP contribution in [0.4, 0.5) is 5.69 Å². The molecule has 0 fully saturated rings. The maximum absolute atomic E-state index is 11.6. The summed E-state index contributed by atoms with van der Waals surface area (Å²) in [6.07, 6.45) is 0. The Morgan fingerprint density at radius 2 is 1.79 bits per heavy atom. The summed E-state index contributed by atoms with van der Waals surface area (Å²) in [5, 5.41) is 31.1. The molecular weight excluding hydrogens is 574 g/mol. The number of hydrogen-bond acceptors (Lipinski definition) is 8. The third kappa shape index (κ3) is 6.37. The minimum atomic E-state index is -0.541. The second-order valence-electron chi connectivity index (χ2n) is 8.66. The first-order chi connectivity index (χ1) is 18.1. The predicted molar refractivity (Wildman–Crippen MR) is 148 cm³/mol. The van der Waals surface area contributed by atoms with Gasteiger partial charge in [0.2, 0.25) is 6.54 Å². The summed E-state index contributed by atoms with van der Waals surface area (Å²) in [5.74, 6) is 1.20. The highest BCUT2D eigenvalue weighted by Crippen LogP contribution is 2.39. The normalized spacial score (nSPS) is 11.8. The molecule has 0 aliphatic carbocycles. The van der Waals surface area contributed by atoms with Crippen LogP contribution in [0.25, 0.3) is 5.69 Å². The Balaban J connectivity index is 1.57. The fourth-order valence-corrected chi connectivity index (χ4v) is 5.49. The molecule has 0 aliphatic rings. The molecule has 1 aromatic heterocycles. The second-order valence-corrected chi connectivity index (χ2v) is 10.7. The zero-order valence-electron chi connectivity index (χ0n) is 20.8. The lowest BCUT2D eigenvalue weighted by Crippen LogP contribution is -2.11. The zero-order valence-corrected chi connectivity index (χ0v) is 23.2. The molecule has 0 aliphatic heterocycles. The van der Waals surface area contributed by atoms with E-state index in [-0.39, 0.29) is 23.8 Å². The van der Waals surface area contributed by atoms with Gasteiger partial charge >= 0.3 is 0 Å². The average molecular weight is 598 g/mol. The second kappa shape index (κ2) is 11.7. The Morgan fingerprint density at radius 1 is 1.00 bits per heavy atom. The van der Waals surface area contributed by atoms with E-state index < -0.39 is 10.2 Å². The van der Waals surface area contributed by atoms with Crippen molar-refractivity contribution in [3.05, 3.63) is 113 Å². The highest BCUT2D eigenvalue weighted by atomic mass is 79.9. The molecule has 196 valence electrons. The van der Waals surface area contributed by atoms with E-state index in [0.29, 0.717) is 32.3 Å². The van der Waals surface area contributed by atoms with E-state index in [4.69, 9.17) is 4.74 Å². The smallest absolute Gasteiger partial charge is 0.269 e. The number of halogens is 1. The van der Waals surface area contributed by atoms with Crippen LogP contribution in [0.1, 0.15) is 33.3 Å². The van der Waals surface area contributed by atoms with Gasteiger partial charge in [-0.25, -0.2) is 0 Å². The lowest BCUT2D eigenvalue weighted by Gasteiger charge is -2.16. The van der Waals surface area contributed by atoms with Gasteiger partial charge in [-0.1, -0.05) is 36.0 Å². The monoisotopic (exact) mass is 597 g/mol. The van der Waals surface area contributed by atoms with Crippen molar-refractivity contribution in [2.24, 2.45) is 0 Å². The van der Waals surface area contributed by atoms with Crippen LogP contribution in [0.5, 0.6) is 5.75 Å². The van der Waals surface area contributed by atoms with Gasteiger partial charge in [0.05, 0.1) is 9.40 Å². The van der Waals surface area contributed by atoms with Gasteiger partial charge in [0.15, 0.2) is 5.16 Å². The Kier molecular flexibility index (Phi) is 8.42. The number of aromatic nitrogens is 3. The van der Waals surface area contributed by atoms with Gasteiger partial charge in [-0.2, -0.15) is 0 Å². The van der Waals surface area contributed by atoms with Crippen LogP contribution >= 0.6 is 27.7 Å². The fourth-order valence-electron chi connectivity index (χ4n) is 3.81. The molecule has 0 amide bonds. The molecule has 12 heteroatoms. The van der Waals surface area contributed by atoms with Gasteiger partial charge in [0, 0.05) is 22.7 Å². The molecule has 0 radical (unpaired) electrons. The summed E-state index contributed by atoms with van der Waals surface area (Å²) in [7, 11) is 0. The average Bonchev–Trinajstić information content (AvgIpc) is 3.24. The van der Waals surface area contributed by atoms with Crippen molar-refractivity contribution in [2.45, 2.75) is 37.8 Å². The first-order valence-electron chi connectivity index (χ1n) is 11.6. The first-order valence-corrected chi connectivity index (χ1v) is 13.2. The number of benzene rings is 3. The van der Waals surface area contributed by atoms with E-state index in [0.717, 1.165) is 16.8 Å². The van der Waals surface area contributed by atoms with E-state index >= 15 is 0 Å². The highest BCUT2D eigenvalue weighted by Gasteiger charge is 2.25. The fraction of sp³-hybridized carbons (Fsp3) is 0.231.